The van der Waals surface area contributed by atoms with Gasteiger partial charge in [0, 0.05) is 24.4 Å². The van der Waals surface area contributed by atoms with Gasteiger partial charge in [-0.05, 0) is 44.9 Å². The fourth-order valence-electron chi connectivity index (χ4n) is 3.34. The molecular formula is C20H27N3O5S2. The Morgan fingerprint density at radius 2 is 2.00 bits per heavy atom. The van der Waals surface area contributed by atoms with Crippen LogP contribution in [-0.2, 0) is 20.6 Å². The molecule has 0 spiro atoms. The summed E-state index contributed by atoms with van der Waals surface area (Å²) in [5.41, 5.74) is 2.15. The first-order chi connectivity index (χ1) is 14.3. The third-order valence-corrected chi connectivity index (χ3v) is 7.91. The molecule has 0 saturated carbocycles. The number of ether oxygens (including phenoxy) is 1. The first kappa shape index (κ1) is 22.6. The molecule has 0 radical (unpaired) electrons. The second kappa shape index (κ2) is 9.84. The van der Waals surface area contributed by atoms with E-state index in [0.717, 1.165) is 36.3 Å². The number of methoxy groups -OCH3 is 1. The fourth-order valence-corrected chi connectivity index (χ4v) is 5.86. The van der Waals surface area contributed by atoms with Crippen molar-refractivity contribution in [2.45, 2.75) is 43.8 Å². The summed E-state index contributed by atoms with van der Waals surface area (Å²) in [7, 11) is -2.12. The summed E-state index contributed by atoms with van der Waals surface area (Å²) in [4.78, 5) is 12.6. The number of rotatable bonds is 8. The molecule has 0 aliphatic carbocycles. The predicted octanol–water partition coefficient (Wildman–Crippen LogP) is 3.35. The molecule has 8 nitrogen and oxygen atoms in total. The molecule has 10 heteroatoms. The largest absolute Gasteiger partial charge is 0.495 e. The van der Waals surface area contributed by atoms with Gasteiger partial charge in [0.25, 0.3) is 0 Å². The van der Waals surface area contributed by atoms with E-state index in [1.807, 2.05) is 13.8 Å². The number of sulfonamides is 1. The van der Waals surface area contributed by atoms with E-state index in [1.54, 1.807) is 6.07 Å². The number of hydrogen-bond acceptors (Lipinski definition) is 7. The molecule has 30 heavy (non-hydrogen) atoms. The van der Waals surface area contributed by atoms with E-state index >= 15 is 0 Å². The maximum atomic E-state index is 12.9. The lowest BCUT2D eigenvalue weighted by atomic mass is 10.2. The van der Waals surface area contributed by atoms with Crippen LogP contribution in [-0.4, -0.2) is 49.7 Å². The van der Waals surface area contributed by atoms with Gasteiger partial charge in [0.05, 0.1) is 29.1 Å². The number of hydrogen-bond donors (Lipinski definition) is 1. The lowest BCUT2D eigenvalue weighted by Gasteiger charge is -2.26. The van der Waals surface area contributed by atoms with Crippen molar-refractivity contribution < 1.29 is 22.5 Å². The Balaban J connectivity index is 1.68. The molecule has 1 fully saturated rings. The van der Waals surface area contributed by atoms with Gasteiger partial charge >= 0.3 is 0 Å². The van der Waals surface area contributed by atoms with Gasteiger partial charge in [0.1, 0.15) is 11.5 Å². The summed E-state index contributed by atoms with van der Waals surface area (Å²) in [5, 5.41) is 6.69. The highest BCUT2D eigenvalue weighted by Gasteiger charge is 2.27. The molecule has 1 amide bonds. The van der Waals surface area contributed by atoms with Crippen LogP contribution in [0, 0.1) is 13.8 Å². The Hall–Kier alpha value is -2.04. The van der Waals surface area contributed by atoms with Crippen LogP contribution in [0.5, 0.6) is 5.75 Å². The van der Waals surface area contributed by atoms with Crippen LogP contribution in [0.25, 0.3) is 0 Å². The minimum atomic E-state index is -3.60. The highest BCUT2D eigenvalue weighted by atomic mass is 32.2. The summed E-state index contributed by atoms with van der Waals surface area (Å²) in [5.74, 6) is 1.73. The van der Waals surface area contributed by atoms with Crippen LogP contribution >= 0.6 is 11.8 Å². The second-order valence-electron chi connectivity index (χ2n) is 7.17. The van der Waals surface area contributed by atoms with Crippen molar-refractivity contribution >= 4 is 33.4 Å². The molecule has 1 saturated heterocycles. The highest BCUT2D eigenvalue weighted by molar-refractivity contribution is 7.99. The second-order valence-corrected chi connectivity index (χ2v) is 10.1. The fraction of sp³-hybridized carbons (Fsp3) is 0.500. The van der Waals surface area contributed by atoms with Gasteiger partial charge in [-0.15, -0.1) is 11.8 Å². The first-order valence-corrected chi connectivity index (χ1v) is 12.4. The van der Waals surface area contributed by atoms with Gasteiger partial charge in [-0.25, -0.2) is 8.42 Å². The van der Waals surface area contributed by atoms with E-state index in [2.05, 4.69) is 10.5 Å². The molecule has 0 bridgehead atoms. The number of amides is 1. The number of anilines is 1. The molecular weight excluding hydrogens is 426 g/mol. The topological polar surface area (TPSA) is 102 Å². The van der Waals surface area contributed by atoms with Crippen molar-refractivity contribution in [3.05, 3.63) is 35.2 Å². The van der Waals surface area contributed by atoms with Crippen LogP contribution in [0.1, 0.15) is 36.3 Å². The summed E-state index contributed by atoms with van der Waals surface area (Å²) in [6.07, 6.45) is 2.77. The molecule has 1 N–H and O–H groups in total. The third-order valence-electron chi connectivity index (χ3n) is 5.06. The minimum Gasteiger partial charge on any atom is -0.495 e. The van der Waals surface area contributed by atoms with Crippen LogP contribution < -0.4 is 10.1 Å². The van der Waals surface area contributed by atoms with E-state index < -0.39 is 10.0 Å². The van der Waals surface area contributed by atoms with Crippen molar-refractivity contribution in [3.8, 4) is 5.75 Å². The number of nitrogens with zero attached hydrogens (tertiary/aromatic N) is 2. The van der Waals surface area contributed by atoms with Crippen LogP contribution in [0.2, 0.25) is 0 Å². The molecule has 1 aliphatic heterocycles. The molecule has 1 aromatic heterocycles. The van der Waals surface area contributed by atoms with Crippen LogP contribution in [0.15, 0.2) is 27.6 Å². The number of aromatic nitrogens is 1. The summed E-state index contributed by atoms with van der Waals surface area (Å²) < 4.78 is 37.8. The lowest BCUT2D eigenvalue weighted by molar-refractivity contribution is -0.113. The van der Waals surface area contributed by atoms with Gasteiger partial charge in [0.2, 0.25) is 15.9 Å². The van der Waals surface area contributed by atoms with Crippen LogP contribution in [0.4, 0.5) is 5.69 Å². The van der Waals surface area contributed by atoms with Gasteiger partial charge in [-0.3, -0.25) is 4.79 Å². The number of carbonyl (C=O) groups excluding carboxylic acids is 1. The number of nitrogens with one attached hydrogen (secondary N) is 1. The van der Waals surface area contributed by atoms with Gasteiger partial charge in [0.15, 0.2) is 0 Å². The third kappa shape index (κ3) is 5.16. The van der Waals surface area contributed by atoms with Gasteiger partial charge in [-0.1, -0.05) is 11.6 Å². The first-order valence-electron chi connectivity index (χ1n) is 9.80. The number of carbonyl (C=O) groups is 1. The minimum absolute atomic E-state index is 0.156. The zero-order valence-electron chi connectivity index (χ0n) is 17.4. The van der Waals surface area contributed by atoms with Gasteiger partial charge in [-0.2, -0.15) is 4.31 Å². The van der Waals surface area contributed by atoms with Crippen molar-refractivity contribution in [3.63, 3.8) is 0 Å². The van der Waals surface area contributed by atoms with Crippen molar-refractivity contribution in [2.75, 3.05) is 31.3 Å². The molecule has 3 rings (SSSR count). The van der Waals surface area contributed by atoms with E-state index in [1.165, 1.54) is 35.3 Å². The molecule has 0 atom stereocenters. The molecule has 2 heterocycles. The Morgan fingerprint density at radius 3 is 2.63 bits per heavy atom. The van der Waals surface area contributed by atoms with Gasteiger partial charge < -0.3 is 14.6 Å². The van der Waals surface area contributed by atoms with Crippen molar-refractivity contribution in [1.29, 1.82) is 0 Å². The quantitative estimate of drug-likeness (QED) is 0.654. The number of thioether (sulfide) groups is 1. The summed E-state index contributed by atoms with van der Waals surface area (Å²) in [6, 6.07) is 4.56. The number of piperidine rings is 1. The van der Waals surface area contributed by atoms with Crippen LogP contribution in [0.3, 0.4) is 0 Å². The lowest BCUT2D eigenvalue weighted by Crippen LogP contribution is -2.35. The van der Waals surface area contributed by atoms with E-state index in [9.17, 15) is 13.2 Å². The Kier molecular flexibility index (Phi) is 7.43. The van der Waals surface area contributed by atoms with Crippen molar-refractivity contribution in [1.82, 2.24) is 9.46 Å². The zero-order chi connectivity index (χ0) is 21.7. The summed E-state index contributed by atoms with van der Waals surface area (Å²) >= 11 is 1.43. The Bertz CT molecular complexity index is 978. The number of aryl methyl sites for hydroxylation is 2. The summed E-state index contributed by atoms with van der Waals surface area (Å²) in [6.45, 7) is 4.75. The SMILES string of the molecule is COc1ccc(S(=O)(=O)N2CCCCC2)cc1NC(=O)CSCc1c(C)noc1C. The number of benzene rings is 1. The molecule has 164 valence electrons. The maximum Gasteiger partial charge on any atom is 0.243 e. The Labute approximate surface area is 181 Å². The normalized spacial score (nSPS) is 15.2. The van der Waals surface area contributed by atoms with E-state index in [4.69, 9.17) is 9.26 Å². The molecule has 1 aromatic carbocycles. The van der Waals surface area contributed by atoms with Crippen molar-refractivity contribution in [2.24, 2.45) is 0 Å². The average Bonchev–Trinajstić information content (AvgIpc) is 3.06. The Morgan fingerprint density at radius 1 is 1.27 bits per heavy atom. The maximum absolute atomic E-state index is 12.9. The monoisotopic (exact) mass is 453 g/mol. The molecule has 2 aromatic rings. The molecule has 1 aliphatic rings. The average molecular weight is 454 g/mol. The zero-order valence-corrected chi connectivity index (χ0v) is 19.1. The standard InChI is InChI=1S/C20H27N3O5S2/c1-14-17(15(2)28-22-14)12-29-13-20(24)21-18-11-16(7-8-19(18)27-3)30(25,26)23-9-5-4-6-10-23/h7-8,11H,4-6,9-10,12-13H2,1-3H3,(H,21,24). The molecule has 0 unspecified atom stereocenters. The smallest absolute Gasteiger partial charge is 0.243 e. The van der Waals surface area contributed by atoms with E-state index in [0.29, 0.717) is 30.3 Å². The highest BCUT2D eigenvalue weighted by Crippen LogP contribution is 2.30. The predicted molar refractivity (Wildman–Crippen MR) is 116 cm³/mol. The van der Waals surface area contributed by atoms with E-state index in [-0.39, 0.29) is 16.6 Å².